The molecule has 88 valence electrons. The average Bonchev–Trinajstić information content (AvgIpc) is 2.28. The number of carbonyl (C=O) groups is 1. The maximum Gasteiger partial charge on any atom is 0.255 e. The molecule has 1 aromatic rings. The SMILES string of the molecule is COc1ccccc1C(=O)NC(C)(C)CCl. The Morgan fingerprint density at radius 1 is 1.44 bits per heavy atom. The largest absolute Gasteiger partial charge is 0.496 e. The maximum atomic E-state index is 11.9. The van der Waals surface area contributed by atoms with Crippen molar-refractivity contribution in [2.45, 2.75) is 19.4 Å². The normalized spacial score (nSPS) is 11.0. The minimum Gasteiger partial charge on any atom is -0.496 e. The Labute approximate surface area is 101 Å². The van der Waals surface area contributed by atoms with E-state index in [1.807, 2.05) is 19.9 Å². The summed E-state index contributed by atoms with van der Waals surface area (Å²) in [5.41, 5.74) is 0.0858. The summed E-state index contributed by atoms with van der Waals surface area (Å²) < 4.78 is 5.12. The van der Waals surface area contributed by atoms with E-state index in [-0.39, 0.29) is 5.91 Å². The van der Waals surface area contributed by atoms with Gasteiger partial charge in [-0.3, -0.25) is 4.79 Å². The zero-order valence-corrected chi connectivity index (χ0v) is 10.5. The molecule has 1 N–H and O–H groups in total. The van der Waals surface area contributed by atoms with Gasteiger partial charge in [-0.25, -0.2) is 0 Å². The van der Waals surface area contributed by atoms with Crippen LogP contribution in [-0.2, 0) is 0 Å². The van der Waals surface area contributed by atoms with Crippen molar-refractivity contribution in [1.82, 2.24) is 5.32 Å². The lowest BCUT2D eigenvalue weighted by Crippen LogP contribution is -2.44. The molecule has 0 saturated carbocycles. The van der Waals surface area contributed by atoms with E-state index in [0.717, 1.165) is 0 Å². The van der Waals surface area contributed by atoms with Gasteiger partial charge in [0, 0.05) is 11.4 Å². The van der Waals surface area contributed by atoms with E-state index in [4.69, 9.17) is 16.3 Å². The molecule has 3 nitrogen and oxygen atoms in total. The van der Waals surface area contributed by atoms with Gasteiger partial charge in [0.1, 0.15) is 5.75 Å². The maximum absolute atomic E-state index is 11.9. The van der Waals surface area contributed by atoms with Crippen LogP contribution in [0.4, 0.5) is 0 Å². The minimum atomic E-state index is -0.431. The number of methoxy groups -OCH3 is 1. The summed E-state index contributed by atoms with van der Waals surface area (Å²) in [5.74, 6) is 0.738. The number of halogens is 1. The van der Waals surface area contributed by atoms with Crippen LogP contribution in [0.2, 0.25) is 0 Å². The molecule has 0 saturated heterocycles. The lowest BCUT2D eigenvalue weighted by Gasteiger charge is -2.23. The second-order valence-corrected chi connectivity index (χ2v) is 4.44. The van der Waals surface area contributed by atoms with Crippen molar-refractivity contribution in [3.05, 3.63) is 29.8 Å². The molecule has 16 heavy (non-hydrogen) atoms. The molecule has 0 heterocycles. The van der Waals surface area contributed by atoms with Gasteiger partial charge in [0.2, 0.25) is 0 Å². The Morgan fingerprint density at radius 2 is 2.06 bits per heavy atom. The molecule has 0 bridgehead atoms. The molecule has 0 spiro atoms. The van der Waals surface area contributed by atoms with Crippen LogP contribution < -0.4 is 10.1 Å². The van der Waals surface area contributed by atoms with E-state index in [1.54, 1.807) is 25.3 Å². The first-order chi connectivity index (χ1) is 7.50. The third-order valence-electron chi connectivity index (χ3n) is 2.14. The summed E-state index contributed by atoms with van der Waals surface area (Å²) in [5, 5.41) is 2.85. The van der Waals surface area contributed by atoms with Gasteiger partial charge >= 0.3 is 0 Å². The summed E-state index contributed by atoms with van der Waals surface area (Å²) in [6.07, 6.45) is 0. The van der Waals surface area contributed by atoms with Crippen LogP contribution in [-0.4, -0.2) is 24.4 Å². The molecule has 0 fully saturated rings. The number of hydrogen-bond acceptors (Lipinski definition) is 2. The second kappa shape index (κ2) is 5.21. The number of para-hydroxylation sites is 1. The summed E-state index contributed by atoms with van der Waals surface area (Å²) in [6, 6.07) is 7.09. The zero-order chi connectivity index (χ0) is 12.2. The van der Waals surface area contributed by atoms with E-state index >= 15 is 0 Å². The fraction of sp³-hybridized carbons (Fsp3) is 0.417. The van der Waals surface area contributed by atoms with Gasteiger partial charge in [-0.15, -0.1) is 11.6 Å². The Kier molecular flexibility index (Phi) is 4.19. The smallest absolute Gasteiger partial charge is 0.255 e. The van der Waals surface area contributed by atoms with Crippen LogP contribution in [0.15, 0.2) is 24.3 Å². The first-order valence-electron chi connectivity index (χ1n) is 5.01. The van der Waals surface area contributed by atoms with E-state index < -0.39 is 5.54 Å². The number of nitrogens with one attached hydrogen (secondary N) is 1. The molecule has 1 rings (SSSR count). The standard InChI is InChI=1S/C12H16ClNO2/c1-12(2,8-13)14-11(15)9-6-4-5-7-10(9)16-3/h4-7H,8H2,1-3H3,(H,14,15). The van der Waals surface area contributed by atoms with Crippen LogP contribution in [0, 0.1) is 0 Å². The topological polar surface area (TPSA) is 38.3 Å². The number of ether oxygens (including phenoxy) is 1. The molecule has 1 aromatic carbocycles. The van der Waals surface area contributed by atoms with Crippen LogP contribution in [0.5, 0.6) is 5.75 Å². The highest BCUT2D eigenvalue weighted by Crippen LogP contribution is 2.18. The zero-order valence-electron chi connectivity index (χ0n) is 9.71. The Hall–Kier alpha value is -1.22. The van der Waals surface area contributed by atoms with Crippen LogP contribution in [0.25, 0.3) is 0 Å². The van der Waals surface area contributed by atoms with Crippen molar-refractivity contribution in [2.75, 3.05) is 13.0 Å². The summed E-state index contributed by atoms with van der Waals surface area (Å²) in [4.78, 5) is 11.9. The lowest BCUT2D eigenvalue weighted by atomic mass is 10.1. The molecule has 1 amide bonds. The quantitative estimate of drug-likeness (QED) is 0.823. The van der Waals surface area contributed by atoms with E-state index in [2.05, 4.69) is 5.32 Å². The number of amides is 1. The summed E-state index contributed by atoms with van der Waals surface area (Å²) >= 11 is 5.75. The minimum absolute atomic E-state index is 0.178. The van der Waals surface area contributed by atoms with Gasteiger partial charge in [0.25, 0.3) is 5.91 Å². The fourth-order valence-electron chi connectivity index (χ4n) is 1.24. The van der Waals surface area contributed by atoms with Crippen molar-refractivity contribution in [3.8, 4) is 5.75 Å². The van der Waals surface area contributed by atoms with Gasteiger partial charge < -0.3 is 10.1 Å². The van der Waals surface area contributed by atoms with Gasteiger partial charge in [-0.05, 0) is 26.0 Å². The highest BCUT2D eigenvalue weighted by atomic mass is 35.5. The molecular weight excluding hydrogens is 226 g/mol. The van der Waals surface area contributed by atoms with Gasteiger partial charge in [-0.1, -0.05) is 12.1 Å². The first kappa shape index (κ1) is 12.8. The number of benzene rings is 1. The molecule has 0 aliphatic heterocycles. The van der Waals surface area contributed by atoms with Gasteiger partial charge in [0.05, 0.1) is 12.7 Å². The Balaban J connectivity index is 2.88. The first-order valence-corrected chi connectivity index (χ1v) is 5.55. The highest BCUT2D eigenvalue weighted by molar-refractivity contribution is 6.18. The lowest BCUT2D eigenvalue weighted by molar-refractivity contribution is 0.0917. The molecule has 0 aliphatic rings. The number of alkyl halides is 1. The van der Waals surface area contributed by atoms with E-state index in [9.17, 15) is 4.79 Å². The molecular formula is C12H16ClNO2. The third kappa shape index (κ3) is 3.14. The molecule has 0 radical (unpaired) electrons. The van der Waals surface area contributed by atoms with Crippen LogP contribution >= 0.6 is 11.6 Å². The van der Waals surface area contributed by atoms with Crippen molar-refractivity contribution in [2.24, 2.45) is 0 Å². The monoisotopic (exact) mass is 241 g/mol. The van der Waals surface area contributed by atoms with Crippen molar-refractivity contribution in [1.29, 1.82) is 0 Å². The molecule has 4 heteroatoms. The van der Waals surface area contributed by atoms with Crippen molar-refractivity contribution in [3.63, 3.8) is 0 Å². The van der Waals surface area contributed by atoms with Gasteiger partial charge in [-0.2, -0.15) is 0 Å². The molecule has 0 atom stereocenters. The average molecular weight is 242 g/mol. The molecule has 0 aromatic heterocycles. The van der Waals surface area contributed by atoms with E-state index in [0.29, 0.717) is 17.2 Å². The fourth-order valence-corrected chi connectivity index (χ4v) is 1.31. The third-order valence-corrected chi connectivity index (χ3v) is 2.81. The van der Waals surface area contributed by atoms with Crippen molar-refractivity contribution < 1.29 is 9.53 Å². The highest BCUT2D eigenvalue weighted by Gasteiger charge is 2.21. The number of rotatable bonds is 4. The van der Waals surface area contributed by atoms with Crippen LogP contribution in [0.1, 0.15) is 24.2 Å². The van der Waals surface area contributed by atoms with E-state index in [1.165, 1.54) is 0 Å². The predicted octanol–water partition coefficient (Wildman–Crippen LogP) is 2.44. The van der Waals surface area contributed by atoms with Crippen molar-refractivity contribution >= 4 is 17.5 Å². The second-order valence-electron chi connectivity index (χ2n) is 4.17. The summed E-state index contributed by atoms with van der Waals surface area (Å²) in [6.45, 7) is 3.74. The predicted molar refractivity (Wildman–Crippen MR) is 65.3 cm³/mol. The molecule has 0 aliphatic carbocycles. The van der Waals surface area contributed by atoms with Gasteiger partial charge in [0.15, 0.2) is 0 Å². The summed E-state index contributed by atoms with van der Waals surface area (Å²) in [7, 11) is 1.54. The molecule has 0 unspecified atom stereocenters. The number of carbonyl (C=O) groups excluding carboxylic acids is 1. The number of hydrogen-bond donors (Lipinski definition) is 1. The Bertz CT molecular complexity index is 377. The van der Waals surface area contributed by atoms with Crippen LogP contribution in [0.3, 0.4) is 0 Å². The Morgan fingerprint density at radius 3 is 2.62 bits per heavy atom.